The SMILES string of the molecule is NC(=O)CNC(=O)c1cn[nH]c1N. The summed E-state index contributed by atoms with van der Waals surface area (Å²) in [5, 5.41) is 8.20. The highest BCUT2D eigenvalue weighted by Crippen LogP contribution is 2.04. The zero-order chi connectivity index (χ0) is 9.84. The molecule has 0 fully saturated rings. The highest BCUT2D eigenvalue weighted by atomic mass is 16.2. The molecule has 0 radical (unpaired) electrons. The van der Waals surface area contributed by atoms with E-state index in [4.69, 9.17) is 11.5 Å². The first-order valence-corrected chi connectivity index (χ1v) is 3.46. The maximum absolute atomic E-state index is 11.2. The Balaban J connectivity index is 2.59. The van der Waals surface area contributed by atoms with Crippen LogP contribution in [0.3, 0.4) is 0 Å². The van der Waals surface area contributed by atoms with E-state index in [9.17, 15) is 9.59 Å². The predicted molar refractivity (Wildman–Crippen MR) is 44.5 cm³/mol. The second-order valence-corrected chi connectivity index (χ2v) is 2.35. The number of hydrogen-bond acceptors (Lipinski definition) is 4. The van der Waals surface area contributed by atoms with Gasteiger partial charge in [0.2, 0.25) is 5.91 Å². The summed E-state index contributed by atoms with van der Waals surface area (Å²) in [7, 11) is 0. The van der Waals surface area contributed by atoms with Crippen LogP contribution < -0.4 is 16.8 Å². The predicted octanol–water partition coefficient (Wildman–Crippen LogP) is -1.79. The molecule has 0 spiro atoms. The fourth-order valence-electron chi connectivity index (χ4n) is 0.740. The van der Waals surface area contributed by atoms with Crippen molar-refractivity contribution in [3.05, 3.63) is 11.8 Å². The van der Waals surface area contributed by atoms with Gasteiger partial charge in [-0.05, 0) is 0 Å². The third-order valence-corrected chi connectivity index (χ3v) is 1.34. The van der Waals surface area contributed by atoms with Gasteiger partial charge in [0.15, 0.2) is 0 Å². The van der Waals surface area contributed by atoms with Crippen molar-refractivity contribution in [2.24, 2.45) is 5.73 Å². The minimum Gasteiger partial charge on any atom is -0.383 e. The number of nitrogens with zero attached hydrogens (tertiary/aromatic N) is 1. The normalized spacial score (nSPS) is 9.54. The van der Waals surface area contributed by atoms with Gasteiger partial charge in [-0.3, -0.25) is 14.7 Å². The van der Waals surface area contributed by atoms with Gasteiger partial charge < -0.3 is 16.8 Å². The molecule has 0 atom stereocenters. The Hall–Kier alpha value is -2.05. The molecule has 70 valence electrons. The van der Waals surface area contributed by atoms with Gasteiger partial charge in [0.1, 0.15) is 11.4 Å². The monoisotopic (exact) mass is 183 g/mol. The number of aromatic nitrogens is 2. The number of rotatable bonds is 3. The molecule has 7 heteroatoms. The number of hydrogen-bond donors (Lipinski definition) is 4. The van der Waals surface area contributed by atoms with Crippen LogP contribution in [0.2, 0.25) is 0 Å². The average molecular weight is 183 g/mol. The number of aromatic amines is 1. The molecule has 0 aliphatic heterocycles. The van der Waals surface area contributed by atoms with Gasteiger partial charge in [-0.25, -0.2) is 0 Å². The number of primary amides is 1. The third-order valence-electron chi connectivity index (χ3n) is 1.34. The number of nitrogens with two attached hydrogens (primary N) is 2. The Labute approximate surface area is 73.5 Å². The summed E-state index contributed by atoms with van der Waals surface area (Å²) < 4.78 is 0. The molecule has 0 saturated heterocycles. The molecule has 7 nitrogen and oxygen atoms in total. The van der Waals surface area contributed by atoms with Gasteiger partial charge in [-0.1, -0.05) is 0 Å². The average Bonchev–Trinajstić information content (AvgIpc) is 2.47. The molecule has 0 aliphatic rings. The van der Waals surface area contributed by atoms with E-state index in [0.29, 0.717) is 0 Å². The summed E-state index contributed by atoms with van der Waals surface area (Å²) in [5.74, 6) is -0.942. The lowest BCUT2D eigenvalue weighted by atomic mass is 10.3. The highest BCUT2D eigenvalue weighted by molar-refractivity contribution is 5.99. The van der Waals surface area contributed by atoms with Crippen molar-refractivity contribution in [2.45, 2.75) is 0 Å². The minimum absolute atomic E-state index is 0.155. The second kappa shape index (κ2) is 3.57. The molecule has 0 unspecified atom stereocenters. The van der Waals surface area contributed by atoms with Crippen LogP contribution in [0.5, 0.6) is 0 Å². The van der Waals surface area contributed by atoms with E-state index in [-0.39, 0.29) is 17.9 Å². The molecule has 6 N–H and O–H groups in total. The third kappa shape index (κ3) is 2.19. The zero-order valence-electron chi connectivity index (χ0n) is 6.70. The van der Waals surface area contributed by atoms with Gasteiger partial charge in [-0.2, -0.15) is 5.10 Å². The first kappa shape index (κ1) is 9.04. The molecule has 1 heterocycles. The number of H-pyrrole nitrogens is 1. The van der Waals surface area contributed by atoms with Crippen molar-refractivity contribution in [3.63, 3.8) is 0 Å². The van der Waals surface area contributed by atoms with E-state index in [1.165, 1.54) is 6.20 Å². The Morgan fingerprint density at radius 3 is 2.77 bits per heavy atom. The van der Waals surface area contributed by atoms with Crippen molar-refractivity contribution >= 4 is 17.6 Å². The summed E-state index contributed by atoms with van der Waals surface area (Å²) in [4.78, 5) is 21.5. The smallest absolute Gasteiger partial charge is 0.257 e. The number of amides is 2. The lowest BCUT2D eigenvalue weighted by Gasteiger charge is -1.99. The van der Waals surface area contributed by atoms with Gasteiger partial charge >= 0.3 is 0 Å². The van der Waals surface area contributed by atoms with Crippen molar-refractivity contribution < 1.29 is 9.59 Å². The van der Waals surface area contributed by atoms with Gasteiger partial charge in [0, 0.05) is 0 Å². The Kier molecular flexibility index (Phi) is 2.48. The lowest BCUT2D eigenvalue weighted by molar-refractivity contribution is -0.117. The van der Waals surface area contributed by atoms with Crippen LogP contribution in [0.25, 0.3) is 0 Å². The minimum atomic E-state index is -0.615. The van der Waals surface area contributed by atoms with E-state index < -0.39 is 11.8 Å². The molecule has 1 aromatic rings. The number of carbonyl (C=O) groups excluding carboxylic acids is 2. The van der Waals surface area contributed by atoms with Crippen LogP contribution in [0.15, 0.2) is 6.20 Å². The van der Waals surface area contributed by atoms with Gasteiger partial charge in [0.05, 0.1) is 12.7 Å². The maximum Gasteiger partial charge on any atom is 0.257 e. The molecule has 0 bridgehead atoms. The first-order chi connectivity index (χ1) is 6.11. The quantitative estimate of drug-likeness (QED) is 0.441. The standard InChI is InChI=1S/C6H9N5O2/c7-4(12)2-9-6(13)3-1-10-11-5(3)8/h1H,2H2,(H2,7,12)(H,9,13)(H3,8,10,11). The molecule has 2 amide bonds. The summed E-state index contributed by atoms with van der Waals surface area (Å²) in [6.07, 6.45) is 1.27. The number of anilines is 1. The largest absolute Gasteiger partial charge is 0.383 e. The van der Waals surface area contributed by atoms with E-state index in [0.717, 1.165) is 0 Å². The van der Waals surface area contributed by atoms with Gasteiger partial charge in [-0.15, -0.1) is 0 Å². The second-order valence-electron chi connectivity index (χ2n) is 2.35. The summed E-state index contributed by atoms with van der Waals surface area (Å²) >= 11 is 0. The van der Waals surface area contributed by atoms with Crippen molar-refractivity contribution in [2.75, 3.05) is 12.3 Å². The molecular weight excluding hydrogens is 174 g/mol. The Bertz CT molecular complexity index is 332. The molecular formula is C6H9N5O2. The molecule has 0 aromatic carbocycles. The van der Waals surface area contributed by atoms with Crippen molar-refractivity contribution in [1.82, 2.24) is 15.5 Å². The Morgan fingerprint density at radius 1 is 1.62 bits per heavy atom. The van der Waals surface area contributed by atoms with Crippen LogP contribution in [0, 0.1) is 0 Å². The number of carbonyl (C=O) groups is 2. The van der Waals surface area contributed by atoms with E-state index in [2.05, 4.69) is 15.5 Å². The molecule has 1 rings (SSSR count). The summed E-state index contributed by atoms with van der Waals surface area (Å²) in [6, 6.07) is 0. The highest BCUT2D eigenvalue weighted by Gasteiger charge is 2.11. The fourth-order valence-corrected chi connectivity index (χ4v) is 0.740. The van der Waals surface area contributed by atoms with Crippen LogP contribution in [-0.4, -0.2) is 28.6 Å². The summed E-state index contributed by atoms with van der Waals surface area (Å²) in [5.41, 5.74) is 10.4. The molecule has 13 heavy (non-hydrogen) atoms. The molecule has 0 saturated carbocycles. The van der Waals surface area contributed by atoms with Crippen LogP contribution in [-0.2, 0) is 4.79 Å². The van der Waals surface area contributed by atoms with E-state index in [1.807, 2.05) is 0 Å². The fraction of sp³-hybridized carbons (Fsp3) is 0.167. The van der Waals surface area contributed by atoms with E-state index >= 15 is 0 Å². The lowest BCUT2D eigenvalue weighted by Crippen LogP contribution is -2.33. The first-order valence-electron chi connectivity index (χ1n) is 3.46. The summed E-state index contributed by atoms with van der Waals surface area (Å²) in [6.45, 7) is -0.219. The molecule has 0 aliphatic carbocycles. The van der Waals surface area contributed by atoms with Crippen LogP contribution in [0.1, 0.15) is 10.4 Å². The topological polar surface area (TPSA) is 127 Å². The maximum atomic E-state index is 11.2. The molecule has 1 aromatic heterocycles. The van der Waals surface area contributed by atoms with Crippen LogP contribution in [0.4, 0.5) is 5.82 Å². The zero-order valence-corrected chi connectivity index (χ0v) is 6.70. The van der Waals surface area contributed by atoms with Gasteiger partial charge in [0.25, 0.3) is 5.91 Å². The number of nitrogens with one attached hydrogen (secondary N) is 2. The van der Waals surface area contributed by atoms with Crippen molar-refractivity contribution in [3.8, 4) is 0 Å². The Morgan fingerprint density at radius 2 is 2.31 bits per heavy atom. The van der Waals surface area contributed by atoms with E-state index in [1.54, 1.807) is 0 Å². The number of nitrogen functional groups attached to an aromatic ring is 1. The van der Waals surface area contributed by atoms with Crippen molar-refractivity contribution in [1.29, 1.82) is 0 Å². The van der Waals surface area contributed by atoms with Crippen LogP contribution >= 0.6 is 0 Å².